The van der Waals surface area contributed by atoms with E-state index in [0.29, 0.717) is 22.7 Å². The lowest BCUT2D eigenvalue weighted by atomic mass is 10.1. The van der Waals surface area contributed by atoms with Gasteiger partial charge in [0, 0.05) is 0 Å². The summed E-state index contributed by atoms with van der Waals surface area (Å²) in [6.45, 7) is 0.228. The highest BCUT2D eigenvalue weighted by Crippen LogP contribution is 2.31. The van der Waals surface area contributed by atoms with Crippen molar-refractivity contribution in [2.75, 3.05) is 12.0 Å². The Morgan fingerprint density at radius 1 is 1.00 bits per heavy atom. The molecule has 11 heteroatoms. The van der Waals surface area contributed by atoms with Crippen molar-refractivity contribution in [3.05, 3.63) is 90.1 Å². The summed E-state index contributed by atoms with van der Waals surface area (Å²) >= 11 is 4.20. The van der Waals surface area contributed by atoms with Crippen molar-refractivity contribution in [1.29, 1.82) is 0 Å². The fourth-order valence-corrected chi connectivity index (χ4v) is 5.62. The first-order valence-corrected chi connectivity index (χ1v) is 12.8. The van der Waals surface area contributed by atoms with Gasteiger partial charge >= 0.3 is 12.0 Å². The number of nitrogens with one attached hydrogen (secondary N) is 1. The van der Waals surface area contributed by atoms with Gasteiger partial charge in [-0.25, -0.2) is 14.5 Å². The summed E-state index contributed by atoms with van der Waals surface area (Å²) in [5, 5.41) is 11.2. The lowest BCUT2D eigenvalue weighted by Gasteiger charge is -2.26. The molecular weight excluding hydrogens is 706 g/mol. The van der Waals surface area contributed by atoms with Crippen LogP contribution in [0.1, 0.15) is 21.5 Å². The Kier molecular flexibility index (Phi) is 8.12. The molecule has 3 aromatic carbocycles. The van der Waals surface area contributed by atoms with Crippen LogP contribution in [0.5, 0.6) is 11.5 Å². The predicted molar refractivity (Wildman–Crippen MR) is 152 cm³/mol. The van der Waals surface area contributed by atoms with Gasteiger partial charge in [-0.05, 0) is 111 Å². The number of carboxylic acids is 1. The lowest BCUT2D eigenvalue weighted by Crippen LogP contribution is -2.54. The normalized spacial score (nSPS) is 14.5. The van der Waals surface area contributed by atoms with Gasteiger partial charge in [0.05, 0.1) is 25.5 Å². The molecule has 4 amide bonds. The van der Waals surface area contributed by atoms with Gasteiger partial charge in [-0.1, -0.05) is 12.1 Å². The van der Waals surface area contributed by atoms with E-state index in [1.165, 1.54) is 25.3 Å². The maximum atomic E-state index is 13.1. The molecule has 0 bridgehead atoms. The molecule has 0 radical (unpaired) electrons. The molecule has 0 spiro atoms. The van der Waals surface area contributed by atoms with Crippen molar-refractivity contribution in [2.24, 2.45) is 0 Å². The Hall–Kier alpha value is -3.46. The SMILES string of the molecule is COc1ccc(N2C(=O)NC(=O)/C(=C/c3cc(I)c(OCc4ccc(C(=O)O)cc4)c(I)c3)C2=O)cc1. The highest BCUT2D eigenvalue weighted by molar-refractivity contribution is 14.1. The number of hydrogen-bond donors (Lipinski definition) is 2. The maximum absolute atomic E-state index is 13.1. The summed E-state index contributed by atoms with van der Waals surface area (Å²) in [6, 6.07) is 15.4. The van der Waals surface area contributed by atoms with E-state index in [9.17, 15) is 19.2 Å². The zero-order valence-corrected chi connectivity index (χ0v) is 23.5. The molecule has 2 N–H and O–H groups in total. The molecule has 3 aromatic rings. The number of methoxy groups -OCH3 is 1. The van der Waals surface area contributed by atoms with E-state index in [2.05, 4.69) is 50.5 Å². The van der Waals surface area contributed by atoms with Crippen LogP contribution < -0.4 is 19.7 Å². The van der Waals surface area contributed by atoms with Crippen LogP contribution in [0, 0.1) is 7.14 Å². The van der Waals surface area contributed by atoms with Crippen molar-refractivity contribution >= 4 is 80.8 Å². The minimum atomic E-state index is -0.997. The van der Waals surface area contributed by atoms with Crippen molar-refractivity contribution in [2.45, 2.75) is 6.61 Å². The van der Waals surface area contributed by atoms with Gasteiger partial charge in [-0.15, -0.1) is 0 Å². The zero-order chi connectivity index (χ0) is 26.7. The monoisotopic (exact) mass is 724 g/mol. The molecule has 9 nitrogen and oxygen atoms in total. The van der Waals surface area contributed by atoms with Gasteiger partial charge in [0.1, 0.15) is 23.7 Å². The number of nitrogens with zero attached hydrogens (tertiary/aromatic N) is 1. The van der Waals surface area contributed by atoms with E-state index in [4.69, 9.17) is 14.6 Å². The van der Waals surface area contributed by atoms with E-state index in [0.717, 1.165) is 17.6 Å². The molecule has 1 saturated heterocycles. The van der Waals surface area contributed by atoms with Crippen LogP contribution in [-0.2, 0) is 16.2 Å². The number of benzene rings is 3. The third-order valence-corrected chi connectivity index (χ3v) is 6.95. The number of barbiturate groups is 1. The molecule has 0 atom stereocenters. The minimum Gasteiger partial charge on any atom is -0.497 e. The molecule has 1 heterocycles. The molecular formula is C26H18I2N2O7. The molecule has 0 aromatic heterocycles. The number of halogens is 2. The Morgan fingerprint density at radius 2 is 1.62 bits per heavy atom. The molecule has 0 aliphatic carbocycles. The topological polar surface area (TPSA) is 122 Å². The molecule has 37 heavy (non-hydrogen) atoms. The number of carbonyl (C=O) groups excluding carboxylic acids is 3. The van der Waals surface area contributed by atoms with Crippen molar-refractivity contribution in [3.8, 4) is 11.5 Å². The van der Waals surface area contributed by atoms with E-state index >= 15 is 0 Å². The molecule has 1 aliphatic heterocycles. The standard InChI is InChI=1S/C26H18I2N2O7/c1-36-18-8-6-17(7-9-18)30-24(32)19(23(31)29-26(30)35)10-15-11-20(27)22(21(28)12-15)37-13-14-2-4-16(5-3-14)25(33)34/h2-12H,13H2,1H3,(H,33,34)(H,29,31,35)/b19-10-. The number of ether oxygens (including phenoxy) is 2. The van der Waals surface area contributed by atoms with Crippen LogP contribution in [0.15, 0.2) is 66.2 Å². The van der Waals surface area contributed by atoms with Crippen LogP contribution in [0.2, 0.25) is 0 Å². The molecule has 1 aliphatic rings. The second kappa shape index (κ2) is 11.3. The first-order chi connectivity index (χ1) is 17.7. The van der Waals surface area contributed by atoms with E-state index in [1.807, 2.05) is 0 Å². The Morgan fingerprint density at radius 3 is 2.19 bits per heavy atom. The fourth-order valence-electron chi connectivity index (χ4n) is 3.49. The summed E-state index contributed by atoms with van der Waals surface area (Å²) in [6.07, 6.45) is 1.43. The fraction of sp³-hybridized carbons (Fsp3) is 0.0769. The van der Waals surface area contributed by atoms with Crippen LogP contribution in [0.3, 0.4) is 0 Å². The number of anilines is 1. The van der Waals surface area contributed by atoms with Gasteiger partial charge in [0.15, 0.2) is 0 Å². The van der Waals surface area contributed by atoms with E-state index in [-0.39, 0.29) is 17.7 Å². The summed E-state index contributed by atoms with van der Waals surface area (Å²) in [4.78, 5) is 50.0. The molecule has 0 unspecified atom stereocenters. The Balaban J connectivity index is 1.56. The number of carboxylic acid groups (broad SMARTS) is 1. The predicted octanol–water partition coefficient (Wildman–Crippen LogP) is 4.85. The maximum Gasteiger partial charge on any atom is 0.335 e. The van der Waals surface area contributed by atoms with Gasteiger partial charge < -0.3 is 14.6 Å². The average molecular weight is 724 g/mol. The van der Waals surface area contributed by atoms with Crippen LogP contribution in [0.25, 0.3) is 6.08 Å². The smallest absolute Gasteiger partial charge is 0.335 e. The molecule has 1 fully saturated rings. The minimum absolute atomic E-state index is 0.186. The van der Waals surface area contributed by atoms with Gasteiger partial charge in [0.2, 0.25) is 0 Å². The lowest BCUT2D eigenvalue weighted by molar-refractivity contribution is -0.122. The van der Waals surface area contributed by atoms with E-state index in [1.54, 1.807) is 48.5 Å². The third-order valence-electron chi connectivity index (χ3n) is 5.35. The summed E-state index contributed by atoms with van der Waals surface area (Å²) in [7, 11) is 1.50. The second-order valence-electron chi connectivity index (χ2n) is 7.76. The number of aromatic carboxylic acids is 1. The molecule has 0 saturated carbocycles. The average Bonchev–Trinajstić information content (AvgIpc) is 2.86. The van der Waals surface area contributed by atoms with Crippen molar-refractivity contribution in [1.82, 2.24) is 5.32 Å². The summed E-state index contributed by atoms with van der Waals surface area (Å²) in [5.41, 5.74) is 1.68. The molecule has 4 rings (SSSR count). The van der Waals surface area contributed by atoms with Crippen LogP contribution in [-0.4, -0.2) is 36.0 Å². The zero-order valence-electron chi connectivity index (χ0n) is 19.2. The quantitative estimate of drug-likeness (QED) is 0.203. The van der Waals surface area contributed by atoms with Crippen LogP contribution in [0.4, 0.5) is 10.5 Å². The van der Waals surface area contributed by atoms with Gasteiger partial charge in [-0.2, -0.15) is 0 Å². The van der Waals surface area contributed by atoms with Crippen molar-refractivity contribution < 1.29 is 33.8 Å². The highest BCUT2D eigenvalue weighted by Gasteiger charge is 2.36. The van der Waals surface area contributed by atoms with Gasteiger partial charge in [-0.3, -0.25) is 14.9 Å². The number of amides is 4. The van der Waals surface area contributed by atoms with Crippen molar-refractivity contribution in [3.63, 3.8) is 0 Å². The largest absolute Gasteiger partial charge is 0.497 e. The summed E-state index contributed by atoms with van der Waals surface area (Å²) in [5.74, 6) is -1.35. The summed E-state index contributed by atoms with van der Waals surface area (Å²) < 4.78 is 12.6. The second-order valence-corrected chi connectivity index (χ2v) is 10.1. The highest BCUT2D eigenvalue weighted by atomic mass is 127. The number of imide groups is 2. The first-order valence-electron chi connectivity index (χ1n) is 10.7. The molecule has 188 valence electrons. The van der Waals surface area contributed by atoms with Crippen LogP contribution >= 0.6 is 45.2 Å². The number of urea groups is 1. The van der Waals surface area contributed by atoms with E-state index < -0.39 is 23.8 Å². The number of rotatable bonds is 7. The van der Waals surface area contributed by atoms with Gasteiger partial charge in [0.25, 0.3) is 11.8 Å². The third kappa shape index (κ3) is 5.93. The number of carbonyl (C=O) groups is 4. The Labute approximate surface area is 238 Å². The number of hydrogen-bond acceptors (Lipinski definition) is 6. The first kappa shape index (κ1) is 26.6. The Bertz CT molecular complexity index is 1410.